The van der Waals surface area contributed by atoms with E-state index in [4.69, 9.17) is 33.2 Å². The van der Waals surface area contributed by atoms with Crippen LogP contribution >= 0.6 is 0 Å². The lowest BCUT2D eigenvalue weighted by molar-refractivity contribution is -0.318. The fraction of sp³-hybridized carbons (Fsp3) is 0.907. The van der Waals surface area contributed by atoms with Crippen LogP contribution in [0.1, 0.15) is 108 Å². The Balaban J connectivity index is 2.26. The Morgan fingerprint density at radius 1 is 1.00 bits per heavy atom. The molecule has 3 fully saturated rings. The van der Waals surface area contributed by atoms with E-state index in [0.717, 1.165) is 12.5 Å². The summed E-state index contributed by atoms with van der Waals surface area (Å²) in [6.07, 6.45) is -6.70. The van der Waals surface area contributed by atoms with Crippen molar-refractivity contribution in [2.24, 2.45) is 17.8 Å². The van der Waals surface area contributed by atoms with Crippen LogP contribution < -0.4 is 0 Å². The maximum atomic E-state index is 14.5. The fourth-order valence-electron chi connectivity index (χ4n) is 9.56. The highest BCUT2D eigenvalue weighted by Gasteiger charge is 2.53. The molecule has 0 aromatic rings. The summed E-state index contributed by atoms with van der Waals surface area (Å²) in [4.78, 5) is 31.4. The van der Waals surface area contributed by atoms with Crippen molar-refractivity contribution >= 4 is 11.9 Å². The van der Waals surface area contributed by atoms with Gasteiger partial charge in [-0.2, -0.15) is 0 Å². The number of ether oxygens (including phenoxy) is 7. The molecular weight excluding hydrogens is 752 g/mol. The van der Waals surface area contributed by atoms with Crippen molar-refractivity contribution in [3.05, 3.63) is 12.7 Å². The summed E-state index contributed by atoms with van der Waals surface area (Å²) in [5.74, 6) is -3.48. The summed E-state index contributed by atoms with van der Waals surface area (Å²) in [6.45, 7) is 24.3. The maximum absolute atomic E-state index is 14.5. The number of nitrogens with zero attached hydrogens (tertiary/aromatic N) is 2. The second kappa shape index (κ2) is 20.9. The van der Waals surface area contributed by atoms with E-state index in [0.29, 0.717) is 19.5 Å². The summed E-state index contributed by atoms with van der Waals surface area (Å²) in [7, 11) is 5.27. The minimum atomic E-state index is -1.86. The van der Waals surface area contributed by atoms with Crippen molar-refractivity contribution in [1.29, 1.82) is 0 Å². The van der Waals surface area contributed by atoms with Crippen LogP contribution in [0.3, 0.4) is 0 Å². The van der Waals surface area contributed by atoms with Crippen molar-refractivity contribution in [2.45, 2.75) is 199 Å². The van der Waals surface area contributed by atoms with Crippen molar-refractivity contribution in [3.8, 4) is 0 Å². The van der Waals surface area contributed by atoms with Gasteiger partial charge in [0.2, 0.25) is 0 Å². The minimum absolute atomic E-state index is 0.110. The molecule has 0 bridgehead atoms. The predicted molar refractivity (Wildman–Crippen MR) is 217 cm³/mol. The van der Waals surface area contributed by atoms with Gasteiger partial charge in [-0.1, -0.05) is 34.3 Å². The number of rotatable bonds is 11. The van der Waals surface area contributed by atoms with E-state index in [9.17, 15) is 30.0 Å². The number of hydrogen-bond acceptors (Lipinski definition) is 15. The lowest BCUT2D eigenvalue weighted by atomic mass is 9.77. The summed E-state index contributed by atoms with van der Waals surface area (Å²) < 4.78 is 43.9. The van der Waals surface area contributed by atoms with Crippen LogP contribution in [0.5, 0.6) is 0 Å². The standard InChI is InChI=1S/C43H78N2O13/c1-16-19-45-23-24(4)21-41(10,50)37(58-40-34(47)30(44(13)14)20-25(5)53-40)26(6)35(57-33-22-42(11,52-15)36(48)29(9)54-33)27(7)39(49)55-31(17-2)43(12,51)38(28(45)8)56-32(46)18-3/h18,24-31,33-38,40,47-48,50-51H,3,16-17,19-23H2,1-2,4-15H3/t24-,25-,26+,27-,28+,29+,30+,31+,33+,34-,35+,36+,37-,38-,40+,41+,42-,43-/m1/s1. The first kappa shape index (κ1) is 50.6. The molecule has 15 nitrogen and oxygen atoms in total. The van der Waals surface area contributed by atoms with Gasteiger partial charge >= 0.3 is 11.9 Å². The molecule has 3 heterocycles. The highest BCUT2D eigenvalue weighted by Crippen LogP contribution is 2.40. The zero-order chi connectivity index (χ0) is 44.1. The summed E-state index contributed by atoms with van der Waals surface area (Å²) in [5.41, 5.74) is -4.51. The monoisotopic (exact) mass is 831 g/mol. The molecule has 18 atom stereocenters. The average Bonchev–Trinajstić information content (AvgIpc) is 3.14. The lowest BCUT2D eigenvalue weighted by Crippen LogP contribution is -2.61. The molecule has 3 aliphatic heterocycles. The molecule has 0 amide bonds. The van der Waals surface area contributed by atoms with Gasteiger partial charge in [0.05, 0.1) is 41.5 Å². The number of esters is 2. The second-order valence-corrected chi connectivity index (χ2v) is 18.3. The van der Waals surface area contributed by atoms with Gasteiger partial charge < -0.3 is 58.5 Å². The number of aliphatic hydroxyl groups is 4. The average molecular weight is 831 g/mol. The molecule has 4 N–H and O–H groups in total. The number of aliphatic hydroxyl groups excluding tert-OH is 2. The normalized spacial score (nSPS) is 45.5. The molecule has 0 saturated carbocycles. The number of cyclic esters (lactones) is 1. The van der Waals surface area contributed by atoms with Crippen LogP contribution in [0, 0.1) is 17.8 Å². The smallest absolute Gasteiger partial charge is 0.330 e. The molecule has 3 rings (SSSR count). The first-order valence-corrected chi connectivity index (χ1v) is 21.3. The van der Waals surface area contributed by atoms with Crippen LogP contribution in [0.2, 0.25) is 0 Å². The number of carbonyl (C=O) groups excluding carboxylic acids is 2. The molecule has 3 aliphatic rings. The topological polar surface area (TPSA) is 186 Å². The Morgan fingerprint density at radius 2 is 1.64 bits per heavy atom. The van der Waals surface area contributed by atoms with Crippen molar-refractivity contribution in [3.63, 3.8) is 0 Å². The molecule has 0 spiro atoms. The molecule has 0 aliphatic carbocycles. The molecule has 338 valence electrons. The Kier molecular flexibility index (Phi) is 18.2. The minimum Gasteiger partial charge on any atom is -0.459 e. The van der Waals surface area contributed by atoms with Crippen LogP contribution in [0.15, 0.2) is 12.7 Å². The highest BCUT2D eigenvalue weighted by molar-refractivity contribution is 5.81. The van der Waals surface area contributed by atoms with E-state index in [1.807, 2.05) is 53.6 Å². The van der Waals surface area contributed by atoms with Gasteiger partial charge in [-0.3, -0.25) is 9.69 Å². The molecule has 0 aromatic heterocycles. The highest BCUT2D eigenvalue weighted by atomic mass is 16.7. The fourth-order valence-corrected chi connectivity index (χ4v) is 9.56. The Bertz CT molecular complexity index is 1330. The first-order valence-electron chi connectivity index (χ1n) is 21.3. The quantitative estimate of drug-likeness (QED) is 0.175. The van der Waals surface area contributed by atoms with Crippen molar-refractivity contribution in [2.75, 3.05) is 34.3 Å². The predicted octanol–water partition coefficient (Wildman–Crippen LogP) is 3.42. The van der Waals surface area contributed by atoms with Crippen LogP contribution in [-0.2, 0) is 42.7 Å². The van der Waals surface area contributed by atoms with Gasteiger partial charge in [0, 0.05) is 44.2 Å². The summed E-state index contributed by atoms with van der Waals surface area (Å²) in [6, 6.07) is -0.855. The third-order valence-electron chi connectivity index (χ3n) is 12.9. The molecule has 3 saturated heterocycles. The van der Waals surface area contributed by atoms with Crippen LogP contribution in [0.25, 0.3) is 0 Å². The van der Waals surface area contributed by atoms with E-state index in [-0.39, 0.29) is 37.3 Å². The van der Waals surface area contributed by atoms with E-state index < -0.39 is 102 Å². The molecule has 15 heteroatoms. The molecule has 0 aromatic carbocycles. The SMILES string of the molecule is C=CC(=O)O[C@@H]1[C@H](C)N(CCC)C[C@H](C)C[C@](C)(O)[C@H](O[C@@H]2O[C@H](C)C[C@H](N(C)C)[C@H]2O)[C@@H](C)[C@H](O[C@H]2C[C@@](C)(OC)[C@@H](O)[C@H](C)O2)[C@@H](C)C(=O)O[C@@H](CC)[C@@]1(C)O. The number of carbonyl (C=O) groups is 2. The zero-order valence-corrected chi connectivity index (χ0v) is 37.8. The van der Waals surface area contributed by atoms with E-state index in [2.05, 4.69) is 11.5 Å². The Hall–Kier alpha value is -1.76. The van der Waals surface area contributed by atoms with Gasteiger partial charge in [0.1, 0.15) is 30.0 Å². The second-order valence-electron chi connectivity index (χ2n) is 18.3. The van der Waals surface area contributed by atoms with Crippen LogP contribution in [-0.4, -0.2) is 167 Å². The molecule has 0 unspecified atom stereocenters. The number of methoxy groups -OCH3 is 1. The molecule has 58 heavy (non-hydrogen) atoms. The van der Waals surface area contributed by atoms with E-state index >= 15 is 0 Å². The first-order chi connectivity index (χ1) is 26.9. The summed E-state index contributed by atoms with van der Waals surface area (Å²) in [5, 5.41) is 47.8. The third kappa shape index (κ3) is 11.8. The van der Waals surface area contributed by atoms with Gasteiger partial charge in [0.15, 0.2) is 12.6 Å². The zero-order valence-electron chi connectivity index (χ0n) is 37.8. The Labute approximate surface area is 347 Å². The lowest BCUT2D eigenvalue weighted by Gasteiger charge is -2.48. The Morgan fingerprint density at radius 3 is 2.19 bits per heavy atom. The molecule has 0 radical (unpaired) electrons. The third-order valence-corrected chi connectivity index (χ3v) is 12.9. The van der Waals surface area contributed by atoms with Gasteiger partial charge in [-0.15, -0.1) is 0 Å². The number of likely N-dealkylation sites (N-methyl/N-ethyl adjacent to an activating group) is 1. The maximum Gasteiger partial charge on any atom is 0.330 e. The molecular formula is C43H78N2O13. The van der Waals surface area contributed by atoms with E-state index in [1.54, 1.807) is 34.6 Å². The van der Waals surface area contributed by atoms with Crippen LogP contribution in [0.4, 0.5) is 0 Å². The van der Waals surface area contributed by atoms with Crippen molar-refractivity contribution < 1.29 is 63.2 Å². The van der Waals surface area contributed by atoms with Gasteiger partial charge in [-0.05, 0) is 101 Å². The van der Waals surface area contributed by atoms with E-state index in [1.165, 1.54) is 14.0 Å². The van der Waals surface area contributed by atoms with Gasteiger partial charge in [-0.25, -0.2) is 4.79 Å². The van der Waals surface area contributed by atoms with Gasteiger partial charge in [0.25, 0.3) is 0 Å². The number of hydrogen-bond donors (Lipinski definition) is 4. The summed E-state index contributed by atoms with van der Waals surface area (Å²) >= 11 is 0. The van der Waals surface area contributed by atoms with Crippen molar-refractivity contribution in [1.82, 2.24) is 9.80 Å². The largest absolute Gasteiger partial charge is 0.459 e.